The molecule has 0 bridgehead atoms. The Bertz CT molecular complexity index is 252. The number of nitrogens with one attached hydrogen (secondary N) is 2. The molecule has 0 aromatic rings. The highest BCUT2D eigenvalue weighted by Crippen LogP contribution is 2.25. The fourth-order valence-corrected chi connectivity index (χ4v) is 2.93. The molecule has 0 saturated carbocycles. The van der Waals surface area contributed by atoms with Crippen LogP contribution in [0.15, 0.2) is 0 Å². The minimum Gasteiger partial charge on any atom is -0.378 e. The van der Waals surface area contributed by atoms with Gasteiger partial charge in [0, 0.05) is 13.7 Å². The lowest BCUT2D eigenvalue weighted by atomic mass is 9.87. The van der Waals surface area contributed by atoms with E-state index in [0.717, 1.165) is 19.6 Å². The van der Waals surface area contributed by atoms with E-state index < -0.39 is 0 Å². The SMILES string of the molecule is CNC(=O)C1CC(CCC2CCCO2)CCN1. The fourth-order valence-electron chi connectivity index (χ4n) is 2.93. The lowest BCUT2D eigenvalue weighted by Crippen LogP contribution is -2.47. The molecule has 0 aromatic heterocycles. The van der Waals surface area contributed by atoms with Gasteiger partial charge in [-0.3, -0.25) is 4.79 Å². The van der Waals surface area contributed by atoms with Gasteiger partial charge in [0.1, 0.15) is 0 Å². The first-order valence-corrected chi connectivity index (χ1v) is 6.86. The second-order valence-corrected chi connectivity index (χ2v) is 5.22. The lowest BCUT2D eigenvalue weighted by Gasteiger charge is -2.29. The van der Waals surface area contributed by atoms with Crippen LogP contribution in [0.25, 0.3) is 0 Å². The average Bonchev–Trinajstić information content (AvgIpc) is 2.89. The summed E-state index contributed by atoms with van der Waals surface area (Å²) in [6, 6.07) is 0.0169. The summed E-state index contributed by atoms with van der Waals surface area (Å²) in [5, 5.41) is 6.01. The fraction of sp³-hybridized carbons (Fsp3) is 0.923. The van der Waals surface area contributed by atoms with Crippen LogP contribution in [0.4, 0.5) is 0 Å². The quantitative estimate of drug-likeness (QED) is 0.772. The molecule has 3 atom stereocenters. The average molecular weight is 240 g/mol. The zero-order valence-electron chi connectivity index (χ0n) is 10.7. The Hall–Kier alpha value is -0.610. The molecule has 1 amide bonds. The largest absolute Gasteiger partial charge is 0.378 e. The van der Waals surface area contributed by atoms with E-state index in [9.17, 15) is 4.79 Å². The van der Waals surface area contributed by atoms with Crippen LogP contribution >= 0.6 is 0 Å². The van der Waals surface area contributed by atoms with E-state index in [1.165, 1.54) is 32.1 Å². The van der Waals surface area contributed by atoms with E-state index in [-0.39, 0.29) is 11.9 Å². The third kappa shape index (κ3) is 3.68. The summed E-state index contributed by atoms with van der Waals surface area (Å²) in [7, 11) is 1.71. The molecule has 4 nitrogen and oxygen atoms in total. The molecule has 2 saturated heterocycles. The van der Waals surface area contributed by atoms with Crippen molar-refractivity contribution < 1.29 is 9.53 Å². The number of carbonyl (C=O) groups excluding carboxylic acids is 1. The summed E-state index contributed by atoms with van der Waals surface area (Å²) in [5.41, 5.74) is 0. The maximum absolute atomic E-state index is 11.6. The molecule has 0 aromatic carbocycles. The van der Waals surface area contributed by atoms with Crippen molar-refractivity contribution in [3.05, 3.63) is 0 Å². The minimum atomic E-state index is 0.0169. The molecule has 98 valence electrons. The predicted molar refractivity (Wildman–Crippen MR) is 66.8 cm³/mol. The number of hydrogen-bond acceptors (Lipinski definition) is 3. The van der Waals surface area contributed by atoms with Crippen LogP contribution in [0.1, 0.15) is 38.5 Å². The van der Waals surface area contributed by atoms with Gasteiger partial charge in [-0.1, -0.05) is 0 Å². The summed E-state index contributed by atoms with van der Waals surface area (Å²) >= 11 is 0. The first kappa shape index (κ1) is 12.8. The van der Waals surface area contributed by atoms with E-state index in [1.807, 2.05) is 0 Å². The smallest absolute Gasteiger partial charge is 0.236 e. The third-order valence-corrected chi connectivity index (χ3v) is 4.00. The number of likely N-dealkylation sites (N-methyl/N-ethyl adjacent to an activating group) is 1. The van der Waals surface area contributed by atoms with E-state index in [2.05, 4.69) is 10.6 Å². The molecule has 2 aliphatic heterocycles. The van der Waals surface area contributed by atoms with Gasteiger partial charge < -0.3 is 15.4 Å². The first-order valence-electron chi connectivity index (χ1n) is 6.86. The van der Waals surface area contributed by atoms with E-state index in [1.54, 1.807) is 7.05 Å². The van der Waals surface area contributed by atoms with Crippen LogP contribution in [-0.4, -0.2) is 38.3 Å². The van der Waals surface area contributed by atoms with E-state index in [0.29, 0.717) is 12.0 Å². The van der Waals surface area contributed by atoms with Gasteiger partial charge in [0.25, 0.3) is 0 Å². The van der Waals surface area contributed by atoms with Gasteiger partial charge in [-0.25, -0.2) is 0 Å². The van der Waals surface area contributed by atoms with Crippen molar-refractivity contribution in [3.63, 3.8) is 0 Å². The highest BCUT2D eigenvalue weighted by Gasteiger charge is 2.27. The van der Waals surface area contributed by atoms with Gasteiger partial charge in [-0.2, -0.15) is 0 Å². The second-order valence-electron chi connectivity index (χ2n) is 5.22. The van der Waals surface area contributed by atoms with Crippen LogP contribution in [0.2, 0.25) is 0 Å². The maximum Gasteiger partial charge on any atom is 0.236 e. The maximum atomic E-state index is 11.6. The van der Waals surface area contributed by atoms with Crippen molar-refractivity contribution in [3.8, 4) is 0 Å². The Balaban J connectivity index is 1.71. The van der Waals surface area contributed by atoms with Crippen LogP contribution < -0.4 is 10.6 Å². The summed E-state index contributed by atoms with van der Waals surface area (Å²) in [5.74, 6) is 0.814. The second kappa shape index (κ2) is 6.36. The van der Waals surface area contributed by atoms with Crippen molar-refractivity contribution in [1.29, 1.82) is 0 Å². The Morgan fingerprint density at radius 1 is 1.41 bits per heavy atom. The van der Waals surface area contributed by atoms with Crippen molar-refractivity contribution in [2.75, 3.05) is 20.2 Å². The number of amides is 1. The zero-order chi connectivity index (χ0) is 12.1. The van der Waals surface area contributed by atoms with Gasteiger partial charge in [0.15, 0.2) is 0 Å². The molecule has 2 N–H and O–H groups in total. The van der Waals surface area contributed by atoms with Crippen LogP contribution in [0.5, 0.6) is 0 Å². The third-order valence-electron chi connectivity index (χ3n) is 4.00. The molecule has 17 heavy (non-hydrogen) atoms. The zero-order valence-corrected chi connectivity index (χ0v) is 10.7. The topological polar surface area (TPSA) is 50.4 Å². The summed E-state index contributed by atoms with van der Waals surface area (Å²) in [4.78, 5) is 11.6. The molecule has 0 radical (unpaired) electrons. The van der Waals surface area contributed by atoms with Crippen LogP contribution in [-0.2, 0) is 9.53 Å². The Kier molecular flexibility index (Phi) is 4.80. The van der Waals surface area contributed by atoms with Crippen molar-refractivity contribution in [2.24, 2.45) is 5.92 Å². The highest BCUT2D eigenvalue weighted by atomic mass is 16.5. The summed E-state index contributed by atoms with van der Waals surface area (Å²) in [6.07, 6.45) is 7.49. The molecule has 2 fully saturated rings. The number of piperidine rings is 1. The number of ether oxygens (including phenoxy) is 1. The monoisotopic (exact) mass is 240 g/mol. The van der Waals surface area contributed by atoms with E-state index in [4.69, 9.17) is 4.74 Å². The standard InChI is InChI=1S/C13H24N2O2/c1-14-13(16)12-9-10(6-7-15-12)4-5-11-3-2-8-17-11/h10-12,15H,2-9H2,1H3,(H,14,16). The van der Waals surface area contributed by atoms with Gasteiger partial charge >= 0.3 is 0 Å². The van der Waals surface area contributed by atoms with Crippen molar-refractivity contribution >= 4 is 5.91 Å². The van der Waals surface area contributed by atoms with Crippen LogP contribution in [0, 0.1) is 5.92 Å². The van der Waals surface area contributed by atoms with Gasteiger partial charge in [-0.15, -0.1) is 0 Å². The summed E-state index contributed by atoms with van der Waals surface area (Å²) < 4.78 is 5.64. The lowest BCUT2D eigenvalue weighted by molar-refractivity contribution is -0.123. The molecule has 2 heterocycles. The van der Waals surface area contributed by atoms with Gasteiger partial charge in [-0.05, 0) is 51.0 Å². The molecule has 4 heteroatoms. The highest BCUT2D eigenvalue weighted by molar-refractivity contribution is 5.81. The summed E-state index contributed by atoms with van der Waals surface area (Å²) in [6.45, 7) is 1.91. The molecule has 0 aliphatic carbocycles. The molecular formula is C13H24N2O2. The molecule has 2 rings (SSSR count). The van der Waals surface area contributed by atoms with Crippen LogP contribution in [0.3, 0.4) is 0 Å². The predicted octanol–water partition coefficient (Wildman–Crippen LogP) is 1.06. The number of rotatable bonds is 4. The minimum absolute atomic E-state index is 0.0169. The first-order chi connectivity index (χ1) is 8.29. The molecule has 0 spiro atoms. The van der Waals surface area contributed by atoms with E-state index >= 15 is 0 Å². The van der Waals surface area contributed by atoms with Gasteiger partial charge in [0.05, 0.1) is 12.1 Å². The Morgan fingerprint density at radius 2 is 2.29 bits per heavy atom. The molecule has 3 unspecified atom stereocenters. The number of carbonyl (C=O) groups is 1. The molecular weight excluding hydrogens is 216 g/mol. The van der Waals surface area contributed by atoms with Crippen molar-refractivity contribution in [1.82, 2.24) is 10.6 Å². The van der Waals surface area contributed by atoms with Crippen molar-refractivity contribution in [2.45, 2.75) is 50.7 Å². The van der Waals surface area contributed by atoms with Gasteiger partial charge in [0.2, 0.25) is 5.91 Å². The molecule has 2 aliphatic rings. The normalized spacial score (nSPS) is 33.6. The Morgan fingerprint density at radius 3 is 3.00 bits per heavy atom. The number of hydrogen-bond donors (Lipinski definition) is 2. The Labute approximate surface area is 103 Å².